The summed E-state index contributed by atoms with van der Waals surface area (Å²) in [6.45, 7) is 0. The molecule has 0 atom stereocenters. The molecule has 0 fully saturated rings. The average molecular weight is 293 g/mol. The standard InChI is InChI=1S/CH2O3.Ce.Zr/c2-1(3)4;;/h(H2,2,3,4);;. The summed E-state index contributed by atoms with van der Waals surface area (Å²) in [7, 11) is 0. The number of hydrogen-bond donors (Lipinski definition) is 2. The topological polar surface area (TPSA) is 57.5 Å². The third-order valence-corrected chi connectivity index (χ3v) is 0. The van der Waals surface area contributed by atoms with E-state index in [1.807, 2.05) is 0 Å². The van der Waals surface area contributed by atoms with Gasteiger partial charge in [0, 0.05) is 68.0 Å². The first-order valence-corrected chi connectivity index (χ1v) is 0.651. The first-order chi connectivity index (χ1) is 1.73. The Morgan fingerprint density at radius 3 is 1.33 bits per heavy atom. The van der Waals surface area contributed by atoms with Crippen molar-refractivity contribution in [3.8, 4) is 0 Å². The van der Waals surface area contributed by atoms with Gasteiger partial charge in [-0.25, -0.2) is 4.79 Å². The largest absolute Gasteiger partial charge is 0.503 e. The molecule has 0 amide bonds. The van der Waals surface area contributed by atoms with Gasteiger partial charge in [0.2, 0.25) is 0 Å². The molecule has 0 aromatic carbocycles. The zero-order valence-electron chi connectivity index (χ0n) is 2.80. The van der Waals surface area contributed by atoms with Gasteiger partial charge in [0.1, 0.15) is 0 Å². The monoisotopic (exact) mass is 292 g/mol. The molecule has 0 spiro atoms. The molecule has 0 aromatic heterocycles. The maximum atomic E-state index is 8.56. The van der Waals surface area contributed by atoms with Crippen LogP contribution in [-0.4, -0.2) is 16.4 Å². The van der Waals surface area contributed by atoms with Crippen molar-refractivity contribution < 1.29 is 83.0 Å². The Morgan fingerprint density at radius 1 is 1.33 bits per heavy atom. The molecule has 0 saturated carbocycles. The number of rotatable bonds is 0. The molecule has 0 aliphatic heterocycles. The molecule has 6 heavy (non-hydrogen) atoms. The van der Waals surface area contributed by atoms with Crippen LogP contribution in [0.3, 0.4) is 0 Å². The molecule has 3 nitrogen and oxygen atoms in total. The zero-order chi connectivity index (χ0) is 3.58. The summed E-state index contributed by atoms with van der Waals surface area (Å²) in [5.74, 6) is 0. The normalized spacial score (nSPS) is 4.00. The summed E-state index contributed by atoms with van der Waals surface area (Å²) in [6.07, 6.45) is -1.83. The van der Waals surface area contributed by atoms with Gasteiger partial charge in [-0.1, -0.05) is 0 Å². The first kappa shape index (κ1) is 15.6. The molecule has 0 heterocycles. The van der Waals surface area contributed by atoms with Gasteiger partial charge in [-0.15, -0.1) is 0 Å². The van der Waals surface area contributed by atoms with Crippen LogP contribution in [0.1, 0.15) is 0 Å². The second-order valence-corrected chi connectivity index (χ2v) is 0.283. The van der Waals surface area contributed by atoms with Gasteiger partial charge in [0.15, 0.2) is 0 Å². The van der Waals surface area contributed by atoms with Crippen molar-refractivity contribution in [1.82, 2.24) is 0 Å². The van der Waals surface area contributed by atoms with Gasteiger partial charge in [0.25, 0.3) is 0 Å². The van der Waals surface area contributed by atoms with E-state index >= 15 is 0 Å². The van der Waals surface area contributed by atoms with E-state index in [-0.39, 0.29) is 68.0 Å². The molecular formula is CH2CeO3Zr. The van der Waals surface area contributed by atoms with Gasteiger partial charge in [0.05, 0.1) is 0 Å². The Kier molecular flexibility index (Phi) is 25.4. The zero-order valence-corrected chi connectivity index (χ0v) is 8.40. The first-order valence-electron chi connectivity index (χ1n) is 0.651. The molecular weight excluding hydrogens is 291 g/mol. The summed E-state index contributed by atoms with van der Waals surface area (Å²) in [5.41, 5.74) is 0. The smallest absolute Gasteiger partial charge is 0.450 e. The second kappa shape index (κ2) is 9.73. The fourth-order valence-electron chi connectivity index (χ4n) is 0. The minimum atomic E-state index is -1.83. The fourth-order valence-corrected chi connectivity index (χ4v) is 0. The van der Waals surface area contributed by atoms with Gasteiger partial charge >= 0.3 is 6.16 Å². The van der Waals surface area contributed by atoms with Crippen LogP contribution in [0.4, 0.5) is 4.79 Å². The molecule has 0 unspecified atom stereocenters. The van der Waals surface area contributed by atoms with E-state index in [4.69, 9.17) is 15.0 Å². The van der Waals surface area contributed by atoms with Crippen molar-refractivity contribution in [2.45, 2.75) is 0 Å². The summed E-state index contributed by atoms with van der Waals surface area (Å²) in [4.78, 5) is 8.56. The molecule has 32 valence electrons. The Morgan fingerprint density at radius 2 is 1.33 bits per heavy atom. The number of carbonyl (C=O) groups is 1. The van der Waals surface area contributed by atoms with Crippen LogP contribution in [0.5, 0.6) is 0 Å². The van der Waals surface area contributed by atoms with Crippen molar-refractivity contribution in [2.75, 3.05) is 0 Å². The van der Waals surface area contributed by atoms with Crippen molar-refractivity contribution in [1.29, 1.82) is 0 Å². The van der Waals surface area contributed by atoms with Crippen molar-refractivity contribution >= 4 is 6.16 Å². The fraction of sp³-hybridized carbons (Fsp3) is 0. The number of carboxylic acid groups (broad SMARTS) is 2. The predicted octanol–water partition coefficient (Wildman–Crippen LogP) is 0.220. The van der Waals surface area contributed by atoms with Crippen molar-refractivity contribution in [3.63, 3.8) is 0 Å². The SMILES string of the molecule is O=C(O)O.[Ce].[Zr]. The summed E-state index contributed by atoms with van der Waals surface area (Å²) in [5, 5.41) is 13.9. The molecule has 0 rings (SSSR count). The Labute approximate surface area is 87.6 Å². The molecule has 0 aliphatic carbocycles. The predicted molar refractivity (Wildman–Crippen MR) is 10.7 cm³/mol. The Hall–Kier alpha value is 1.53. The van der Waals surface area contributed by atoms with Gasteiger partial charge in [-0.2, -0.15) is 0 Å². The van der Waals surface area contributed by atoms with E-state index in [2.05, 4.69) is 0 Å². The molecule has 0 bridgehead atoms. The Bertz CT molecular complexity index is 33.8. The number of hydrogen-bond acceptors (Lipinski definition) is 1. The summed E-state index contributed by atoms with van der Waals surface area (Å²) < 4.78 is 0. The van der Waals surface area contributed by atoms with E-state index in [1.165, 1.54) is 0 Å². The molecule has 0 aliphatic rings. The minimum Gasteiger partial charge on any atom is -0.450 e. The van der Waals surface area contributed by atoms with Gasteiger partial charge in [-0.05, 0) is 0 Å². The van der Waals surface area contributed by atoms with Gasteiger partial charge in [-0.3, -0.25) is 0 Å². The summed E-state index contributed by atoms with van der Waals surface area (Å²) in [6, 6.07) is 0. The third-order valence-electron chi connectivity index (χ3n) is 0. The van der Waals surface area contributed by atoms with Crippen molar-refractivity contribution in [2.24, 2.45) is 0 Å². The Balaban J connectivity index is -0.0000000450. The summed E-state index contributed by atoms with van der Waals surface area (Å²) >= 11 is 0. The molecule has 0 radical (unpaired) electrons. The maximum absolute atomic E-state index is 8.56. The van der Waals surface area contributed by atoms with E-state index in [1.54, 1.807) is 0 Å². The van der Waals surface area contributed by atoms with E-state index < -0.39 is 6.16 Å². The quantitative estimate of drug-likeness (QED) is 0.672. The molecule has 0 aromatic rings. The van der Waals surface area contributed by atoms with Gasteiger partial charge < -0.3 is 10.2 Å². The second-order valence-electron chi connectivity index (χ2n) is 0.283. The van der Waals surface area contributed by atoms with Crippen LogP contribution in [-0.2, 0) is 26.2 Å². The molecule has 2 N–H and O–H groups in total. The van der Waals surface area contributed by atoms with Crippen LogP contribution in [0, 0.1) is 41.7 Å². The van der Waals surface area contributed by atoms with Crippen molar-refractivity contribution in [3.05, 3.63) is 0 Å². The average Bonchev–Trinajstić information content (AvgIpc) is 0.811. The van der Waals surface area contributed by atoms with E-state index in [9.17, 15) is 0 Å². The maximum Gasteiger partial charge on any atom is 0.503 e. The van der Waals surface area contributed by atoms with Crippen LogP contribution in [0.15, 0.2) is 0 Å². The van der Waals surface area contributed by atoms with Crippen LogP contribution >= 0.6 is 0 Å². The van der Waals surface area contributed by atoms with Crippen LogP contribution in [0.25, 0.3) is 0 Å². The molecule has 5 heteroatoms. The minimum absolute atomic E-state index is 0. The molecule has 0 saturated heterocycles. The third kappa shape index (κ3) is 48.5. The van der Waals surface area contributed by atoms with Crippen LogP contribution < -0.4 is 0 Å². The van der Waals surface area contributed by atoms with E-state index in [0.29, 0.717) is 0 Å². The van der Waals surface area contributed by atoms with Crippen LogP contribution in [0.2, 0.25) is 0 Å². The van der Waals surface area contributed by atoms with E-state index in [0.717, 1.165) is 0 Å².